The number of carbonyl (C=O) groups is 4. The highest BCUT2D eigenvalue weighted by molar-refractivity contribution is 5.98. The molecule has 0 bridgehead atoms. The number of nitrogens with one attached hydrogen (secondary N) is 2. The molecule has 4 N–H and O–H groups in total. The van der Waals surface area contributed by atoms with Crippen molar-refractivity contribution in [2.24, 2.45) is 5.73 Å². The first-order chi connectivity index (χ1) is 12.6. The highest BCUT2D eigenvalue weighted by Gasteiger charge is 2.21. The van der Waals surface area contributed by atoms with Gasteiger partial charge in [-0.3, -0.25) is 14.4 Å². The van der Waals surface area contributed by atoms with Crippen molar-refractivity contribution in [1.29, 1.82) is 0 Å². The van der Waals surface area contributed by atoms with Gasteiger partial charge in [0.1, 0.15) is 12.1 Å². The molecule has 0 aliphatic heterocycles. The molecule has 27 heavy (non-hydrogen) atoms. The first-order valence-corrected chi connectivity index (χ1v) is 8.16. The van der Waals surface area contributed by atoms with Gasteiger partial charge < -0.3 is 15.8 Å². The standard InChI is InChI=1S/C18H24N4O5/c1-18(2,3)27-17(26)21-22(12-14(19)23)16(25)10-9-15(24)20-11-13-7-5-4-6-8-13/h4-10H,11-12H2,1-3H3,(H2,19,23)(H,20,24)(H,21,26)/b10-9+. The van der Waals surface area contributed by atoms with Crippen LogP contribution < -0.4 is 16.5 Å². The third-order valence-corrected chi connectivity index (χ3v) is 2.89. The number of ether oxygens (including phenoxy) is 1. The Morgan fingerprint density at radius 3 is 2.30 bits per heavy atom. The molecule has 0 aromatic heterocycles. The van der Waals surface area contributed by atoms with E-state index in [4.69, 9.17) is 10.5 Å². The summed E-state index contributed by atoms with van der Waals surface area (Å²) >= 11 is 0. The Morgan fingerprint density at radius 2 is 1.74 bits per heavy atom. The summed E-state index contributed by atoms with van der Waals surface area (Å²) in [7, 11) is 0. The summed E-state index contributed by atoms with van der Waals surface area (Å²) in [5, 5.41) is 3.27. The Bertz CT molecular complexity index is 710. The number of nitrogens with two attached hydrogens (primary N) is 1. The Hall–Kier alpha value is -3.36. The zero-order chi connectivity index (χ0) is 20.4. The highest BCUT2D eigenvalue weighted by Crippen LogP contribution is 2.06. The van der Waals surface area contributed by atoms with Crippen LogP contribution in [0.3, 0.4) is 0 Å². The monoisotopic (exact) mass is 376 g/mol. The van der Waals surface area contributed by atoms with E-state index in [1.165, 1.54) is 0 Å². The fraction of sp³-hybridized carbons (Fsp3) is 0.333. The van der Waals surface area contributed by atoms with Crippen LogP contribution in [0, 0.1) is 0 Å². The molecule has 0 radical (unpaired) electrons. The molecule has 9 nitrogen and oxygen atoms in total. The summed E-state index contributed by atoms with van der Waals surface area (Å²) in [6, 6.07) is 9.22. The van der Waals surface area contributed by atoms with Crippen LogP contribution in [-0.4, -0.2) is 41.0 Å². The lowest BCUT2D eigenvalue weighted by Crippen LogP contribution is -2.50. The van der Waals surface area contributed by atoms with E-state index in [2.05, 4.69) is 10.7 Å². The zero-order valence-corrected chi connectivity index (χ0v) is 15.5. The maximum atomic E-state index is 12.1. The fourth-order valence-corrected chi connectivity index (χ4v) is 1.82. The van der Waals surface area contributed by atoms with Gasteiger partial charge in [-0.15, -0.1) is 0 Å². The van der Waals surface area contributed by atoms with E-state index in [-0.39, 0.29) is 0 Å². The van der Waals surface area contributed by atoms with Crippen molar-refractivity contribution in [2.45, 2.75) is 32.9 Å². The van der Waals surface area contributed by atoms with Gasteiger partial charge >= 0.3 is 6.09 Å². The Balaban J connectivity index is 2.63. The van der Waals surface area contributed by atoms with Crippen LogP contribution in [0.25, 0.3) is 0 Å². The molecule has 1 aromatic carbocycles. The molecule has 1 rings (SSSR count). The van der Waals surface area contributed by atoms with Crippen LogP contribution in [0.15, 0.2) is 42.5 Å². The molecule has 0 fully saturated rings. The van der Waals surface area contributed by atoms with E-state index in [0.29, 0.717) is 11.6 Å². The third-order valence-electron chi connectivity index (χ3n) is 2.89. The van der Waals surface area contributed by atoms with Crippen molar-refractivity contribution in [3.05, 3.63) is 48.0 Å². The number of hydrazine groups is 1. The van der Waals surface area contributed by atoms with Crippen molar-refractivity contribution in [3.8, 4) is 0 Å². The normalized spacial score (nSPS) is 10.9. The predicted molar refractivity (Wildman–Crippen MR) is 97.7 cm³/mol. The maximum absolute atomic E-state index is 12.1. The van der Waals surface area contributed by atoms with Gasteiger partial charge in [-0.2, -0.15) is 0 Å². The highest BCUT2D eigenvalue weighted by atomic mass is 16.6. The first-order valence-electron chi connectivity index (χ1n) is 8.16. The van der Waals surface area contributed by atoms with Crippen molar-refractivity contribution in [1.82, 2.24) is 15.8 Å². The molecule has 146 valence electrons. The van der Waals surface area contributed by atoms with E-state index < -0.39 is 36.0 Å². The van der Waals surface area contributed by atoms with Gasteiger partial charge in [-0.1, -0.05) is 30.3 Å². The summed E-state index contributed by atoms with van der Waals surface area (Å²) in [5.74, 6) is -2.17. The van der Waals surface area contributed by atoms with Gasteiger partial charge in [-0.05, 0) is 26.3 Å². The van der Waals surface area contributed by atoms with E-state index in [1.54, 1.807) is 20.8 Å². The quantitative estimate of drug-likeness (QED) is 0.495. The molecule has 0 unspecified atom stereocenters. The fourth-order valence-electron chi connectivity index (χ4n) is 1.82. The lowest BCUT2D eigenvalue weighted by atomic mass is 10.2. The lowest BCUT2D eigenvalue weighted by Gasteiger charge is -2.24. The molecular weight excluding hydrogens is 352 g/mol. The molecular formula is C18H24N4O5. The summed E-state index contributed by atoms with van der Waals surface area (Å²) in [6.45, 7) is 4.64. The number of carbonyl (C=O) groups excluding carboxylic acids is 4. The number of primary amides is 1. The maximum Gasteiger partial charge on any atom is 0.426 e. The molecule has 0 aliphatic carbocycles. The van der Waals surface area contributed by atoms with Gasteiger partial charge in [0, 0.05) is 18.7 Å². The summed E-state index contributed by atoms with van der Waals surface area (Å²) in [6.07, 6.45) is 0.982. The van der Waals surface area contributed by atoms with Crippen LogP contribution in [0.1, 0.15) is 26.3 Å². The van der Waals surface area contributed by atoms with E-state index in [0.717, 1.165) is 17.7 Å². The van der Waals surface area contributed by atoms with Gasteiger partial charge in [0.15, 0.2) is 0 Å². The Kier molecular flexibility index (Phi) is 7.99. The molecule has 0 atom stereocenters. The number of hydrogen-bond acceptors (Lipinski definition) is 5. The third kappa shape index (κ3) is 9.63. The molecule has 4 amide bonds. The van der Waals surface area contributed by atoms with Gasteiger partial charge in [0.05, 0.1) is 0 Å². The molecule has 0 heterocycles. The van der Waals surface area contributed by atoms with Crippen LogP contribution in [0.2, 0.25) is 0 Å². The van der Waals surface area contributed by atoms with Crippen LogP contribution >= 0.6 is 0 Å². The van der Waals surface area contributed by atoms with Crippen LogP contribution in [0.4, 0.5) is 4.79 Å². The molecule has 0 spiro atoms. The topological polar surface area (TPSA) is 131 Å². The lowest BCUT2D eigenvalue weighted by molar-refractivity contribution is -0.134. The van der Waals surface area contributed by atoms with E-state index in [1.807, 2.05) is 30.3 Å². The molecule has 0 saturated heterocycles. The minimum atomic E-state index is -0.931. The summed E-state index contributed by atoms with van der Waals surface area (Å²) in [4.78, 5) is 46.8. The van der Waals surface area contributed by atoms with Crippen LogP contribution in [0.5, 0.6) is 0 Å². The van der Waals surface area contributed by atoms with Crippen molar-refractivity contribution >= 4 is 23.8 Å². The van der Waals surface area contributed by atoms with E-state index >= 15 is 0 Å². The average molecular weight is 376 g/mol. The number of hydrogen-bond donors (Lipinski definition) is 3. The largest absolute Gasteiger partial charge is 0.443 e. The van der Waals surface area contributed by atoms with Gasteiger partial charge in [-0.25, -0.2) is 15.2 Å². The van der Waals surface area contributed by atoms with Crippen molar-refractivity contribution < 1.29 is 23.9 Å². The second kappa shape index (κ2) is 9.95. The SMILES string of the molecule is CC(C)(C)OC(=O)NN(CC(N)=O)C(=O)/C=C/C(=O)NCc1ccccc1. The predicted octanol–water partition coefficient (Wildman–Crippen LogP) is 0.613. The second-order valence-electron chi connectivity index (χ2n) is 6.54. The minimum Gasteiger partial charge on any atom is -0.443 e. The number of nitrogens with zero attached hydrogens (tertiary/aromatic N) is 1. The Labute approximate surface area is 157 Å². The second-order valence-corrected chi connectivity index (χ2v) is 6.54. The van der Waals surface area contributed by atoms with Crippen LogP contribution in [-0.2, 0) is 25.7 Å². The molecule has 9 heteroatoms. The van der Waals surface area contributed by atoms with Gasteiger partial charge in [0.2, 0.25) is 11.8 Å². The summed E-state index contributed by atoms with van der Waals surface area (Å²) < 4.78 is 5.01. The Morgan fingerprint density at radius 1 is 1.11 bits per heavy atom. The zero-order valence-electron chi connectivity index (χ0n) is 15.5. The first kappa shape index (κ1) is 21.7. The number of rotatable bonds is 6. The van der Waals surface area contributed by atoms with Gasteiger partial charge in [0.25, 0.3) is 5.91 Å². The molecule has 0 saturated carbocycles. The van der Waals surface area contributed by atoms with Crippen molar-refractivity contribution in [2.75, 3.05) is 6.54 Å². The average Bonchev–Trinajstić information content (AvgIpc) is 2.56. The summed E-state index contributed by atoms with van der Waals surface area (Å²) in [5.41, 5.74) is 7.30. The molecule has 0 aliphatic rings. The number of amides is 4. The van der Waals surface area contributed by atoms with Crippen molar-refractivity contribution in [3.63, 3.8) is 0 Å². The van der Waals surface area contributed by atoms with E-state index in [9.17, 15) is 19.2 Å². The number of benzene rings is 1. The molecule has 1 aromatic rings. The smallest absolute Gasteiger partial charge is 0.426 e. The minimum absolute atomic E-state index is 0.291.